The Labute approximate surface area is 106 Å². The van der Waals surface area contributed by atoms with Crippen LogP contribution in [0.4, 0.5) is 0 Å². The maximum atomic E-state index is 5.58. The zero-order valence-corrected chi connectivity index (χ0v) is 10.6. The molecule has 0 atom stereocenters. The van der Waals surface area contributed by atoms with Gasteiger partial charge in [0.15, 0.2) is 0 Å². The smallest absolute Gasteiger partial charge is 0.129 e. The van der Waals surface area contributed by atoms with E-state index in [-0.39, 0.29) is 0 Å². The molecule has 0 bridgehead atoms. The van der Waals surface area contributed by atoms with E-state index in [1.807, 2.05) is 18.3 Å². The highest BCUT2D eigenvalue weighted by atomic mass is 16.5. The van der Waals surface area contributed by atoms with Gasteiger partial charge in [0.25, 0.3) is 0 Å². The van der Waals surface area contributed by atoms with Crippen molar-refractivity contribution < 1.29 is 9.47 Å². The summed E-state index contributed by atoms with van der Waals surface area (Å²) in [7, 11) is 1.69. The molecule has 0 saturated carbocycles. The van der Waals surface area contributed by atoms with Crippen LogP contribution in [0.5, 0.6) is 11.5 Å². The van der Waals surface area contributed by atoms with Crippen molar-refractivity contribution in [3.8, 4) is 22.6 Å². The number of ether oxygens (including phenoxy) is 2. The number of nitrogens with zero attached hydrogens (tertiary/aromatic N) is 1. The molecule has 3 heteroatoms. The van der Waals surface area contributed by atoms with E-state index in [4.69, 9.17) is 9.47 Å². The van der Waals surface area contributed by atoms with Crippen molar-refractivity contribution in [2.75, 3.05) is 13.7 Å². The number of pyridine rings is 1. The van der Waals surface area contributed by atoms with Gasteiger partial charge >= 0.3 is 0 Å². The number of hydrogen-bond acceptors (Lipinski definition) is 3. The minimum Gasteiger partial charge on any atom is -0.496 e. The number of fused-ring (bicyclic) bond motifs is 1. The van der Waals surface area contributed by atoms with Crippen molar-refractivity contribution in [2.24, 2.45) is 0 Å². The molecule has 2 heterocycles. The molecule has 1 aliphatic heterocycles. The van der Waals surface area contributed by atoms with E-state index in [0.717, 1.165) is 30.1 Å². The molecule has 92 valence electrons. The molecular weight excluding hydrogens is 226 g/mol. The summed E-state index contributed by atoms with van der Waals surface area (Å²) < 4.78 is 11.0. The third kappa shape index (κ3) is 1.63. The van der Waals surface area contributed by atoms with Crippen molar-refractivity contribution in [1.29, 1.82) is 0 Å². The van der Waals surface area contributed by atoms with Crippen LogP contribution in [0.1, 0.15) is 11.1 Å². The van der Waals surface area contributed by atoms with Gasteiger partial charge in [0, 0.05) is 29.9 Å². The van der Waals surface area contributed by atoms with Crippen LogP contribution in [0.25, 0.3) is 11.1 Å². The molecule has 2 aromatic rings. The largest absolute Gasteiger partial charge is 0.496 e. The summed E-state index contributed by atoms with van der Waals surface area (Å²) >= 11 is 0. The van der Waals surface area contributed by atoms with Crippen LogP contribution in [0.15, 0.2) is 30.6 Å². The fraction of sp³-hybridized carbons (Fsp3) is 0.267. The molecule has 0 saturated heterocycles. The SMILES string of the molecule is COc1ccncc1-c1ccc2c(c1C)CCO2. The standard InChI is InChI=1S/C15H15NO2/c1-10-11(3-4-15-12(10)6-8-18-15)13-9-16-7-5-14(13)17-2/h3-5,7,9H,6,8H2,1-2H3. The summed E-state index contributed by atoms with van der Waals surface area (Å²) in [5, 5.41) is 0. The van der Waals surface area contributed by atoms with Gasteiger partial charge in [-0.25, -0.2) is 0 Å². The van der Waals surface area contributed by atoms with Gasteiger partial charge in [0.05, 0.1) is 13.7 Å². The van der Waals surface area contributed by atoms with Gasteiger partial charge in [-0.05, 0) is 30.2 Å². The summed E-state index contributed by atoms with van der Waals surface area (Å²) in [6.45, 7) is 2.92. The molecule has 0 spiro atoms. The first-order valence-corrected chi connectivity index (χ1v) is 6.05. The van der Waals surface area contributed by atoms with Crippen LogP contribution < -0.4 is 9.47 Å². The Morgan fingerprint density at radius 3 is 2.94 bits per heavy atom. The quantitative estimate of drug-likeness (QED) is 0.810. The van der Waals surface area contributed by atoms with Crippen LogP contribution in [0.3, 0.4) is 0 Å². The predicted molar refractivity (Wildman–Crippen MR) is 70.2 cm³/mol. The first-order valence-electron chi connectivity index (χ1n) is 6.05. The summed E-state index contributed by atoms with van der Waals surface area (Å²) in [5.74, 6) is 1.87. The van der Waals surface area contributed by atoms with Gasteiger partial charge in [0.2, 0.25) is 0 Å². The Morgan fingerprint density at radius 2 is 2.11 bits per heavy atom. The zero-order chi connectivity index (χ0) is 12.5. The number of methoxy groups -OCH3 is 1. The van der Waals surface area contributed by atoms with Gasteiger partial charge < -0.3 is 9.47 Å². The van der Waals surface area contributed by atoms with Gasteiger partial charge in [-0.3, -0.25) is 4.98 Å². The van der Waals surface area contributed by atoms with Crippen LogP contribution in [0, 0.1) is 6.92 Å². The molecule has 0 fully saturated rings. The lowest BCUT2D eigenvalue weighted by atomic mass is 9.95. The Kier molecular flexibility index (Phi) is 2.67. The molecule has 0 radical (unpaired) electrons. The molecule has 0 unspecified atom stereocenters. The van der Waals surface area contributed by atoms with Crippen molar-refractivity contribution in [3.63, 3.8) is 0 Å². The molecule has 18 heavy (non-hydrogen) atoms. The second-order valence-electron chi connectivity index (χ2n) is 4.39. The number of aromatic nitrogens is 1. The summed E-state index contributed by atoms with van der Waals surface area (Å²) in [6.07, 6.45) is 4.58. The average molecular weight is 241 g/mol. The fourth-order valence-corrected chi connectivity index (χ4v) is 2.49. The third-order valence-corrected chi connectivity index (χ3v) is 3.46. The third-order valence-electron chi connectivity index (χ3n) is 3.46. The highest BCUT2D eigenvalue weighted by Crippen LogP contribution is 2.37. The van der Waals surface area contributed by atoms with Crippen molar-refractivity contribution in [3.05, 3.63) is 41.7 Å². The normalized spacial score (nSPS) is 13.0. The van der Waals surface area contributed by atoms with Gasteiger partial charge in [0.1, 0.15) is 11.5 Å². The van der Waals surface area contributed by atoms with E-state index in [1.54, 1.807) is 13.3 Å². The highest BCUT2D eigenvalue weighted by molar-refractivity contribution is 5.74. The second-order valence-corrected chi connectivity index (χ2v) is 4.39. The maximum absolute atomic E-state index is 5.58. The lowest BCUT2D eigenvalue weighted by molar-refractivity contribution is 0.357. The Bertz CT molecular complexity index is 593. The summed E-state index contributed by atoms with van der Waals surface area (Å²) in [4.78, 5) is 4.19. The molecule has 3 rings (SSSR count). The topological polar surface area (TPSA) is 31.4 Å². The first kappa shape index (κ1) is 11.1. The van der Waals surface area contributed by atoms with Crippen molar-refractivity contribution in [2.45, 2.75) is 13.3 Å². The highest BCUT2D eigenvalue weighted by Gasteiger charge is 2.18. The monoisotopic (exact) mass is 241 g/mol. The van der Waals surface area contributed by atoms with Crippen LogP contribution in [-0.4, -0.2) is 18.7 Å². The van der Waals surface area contributed by atoms with E-state index in [0.29, 0.717) is 0 Å². The van der Waals surface area contributed by atoms with E-state index >= 15 is 0 Å². The first-order chi connectivity index (χ1) is 8.81. The summed E-state index contributed by atoms with van der Waals surface area (Å²) in [6, 6.07) is 6.01. The van der Waals surface area contributed by atoms with Crippen LogP contribution >= 0.6 is 0 Å². The van der Waals surface area contributed by atoms with E-state index in [1.165, 1.54) is 16.7 Å². The Balaban J connectivity index is 2.18. The number of hydrogen-bond donors (Lipinski definition) is 0. The zero-order valence-electron chi connectivity index (χ0n) is 10.6. The molecule has 0 N–H and O–H groups in total. The van der Waals surface area contributed by atoms with Gasteiger partial charge in [-0.2, -0.15) is 0 Å². The number of benzene rings is 1. The van der Waals surface area contributed by atoms with E-state index in [2.05, 4.69) is 18.0 Å². The molecular formula is C15H15NO2. The van der Waals surface area contributed by atoms with Crippen LogP contribution in [0.2, 0.25) is 0 Å². The van der Waals surface area contributed by atoms with E-state index < -0.39 is 0 Å². The fourth-order valence-electron chi connectivity index (χ4n) is 2.49. The van der Waals surface area contributed by atoms with Crippen molar-refractivity contribution in [1.82, 2.24) is 4.98 Å². The lowest BCUT2D eigenvalue weighted by Crippen LogP contribution is -1.93. The molecule has 1 aromatic heterocycles. The second kappa shape index (κ2) is 4.33. The summed E-state index contributed by atoms with van der Waals surface area (Å²) in [5.41, 5.74) is 4.77. The van der Waals surface area contributed by atoms with E-state index in [9.17, 15) is 0 Å². The molecule has 0 aliphatic carbocycles. The molecule has 1 aromatic carbocycles. The van der Waals surface area contributed by atoms with Crippen LogP contribution in [-0.2, 0) is 6.42 Å². The van der Waals surface area contributed by atoms with Gasteiger partial charge in [-0.15, -0.1) is 0 Å². The maximum Gasteiger partial charge on any atom is 0.129 e. The minimum absolute atomic E-state index is 0.782. The number of rotatable bonds is 2. The predicted octanol–water partition coefficient (Wildman–Crippen LogP) is 3.00. The Hall–Kier alpha value is -2.03. The molecule has 3 nitrogen and oxygen atoms in total. The molecule has 1 aliphatic rings. The van der Waals surface area contributed by atoms with Crippen molar-refractivity contribution >= 4 is 0 Å². The molecule has 0 amide bonds. The minimum atomic E-state index is 0.782. The Morgan fingerprint density at radius 1 is 1.22 bits per heavy atom. The lowest BCUT2D eigenvalue weighted by Gasteiger charge is -2.12. The average Bonchev–Trinajstić information content (AvgIpc) is 2.88. The van der Waals surface area contributed by atoms with Gasteiger partial charge in [-0.1, -0.05) is 6.07 Å².